The molecule has 2 aromatic carbocycles. The molecule has 2 aromatic rings. The number of hydrogen-bond acceptors (Lipinski definition) is 5. The summed E-state index contributed by atoms with van der Waals surface area (Å²) < 4.78 is 32.7. The summed E-state index contributed by atoms with van der Waals surface area (Å²) in [5.74, 6) is 1.03. The zero-order chi connectivity index (χ0) is 17.7. The number of carbonyl (C=O) groups excluding carboxylic acids is 1. The second-order valence-electron chi connectivity index (χ2n) is 4.71. The Labute approximate surface area is 139 Å². The lowest BCUT2D eigenvalue weighted by Crippen LogP contribution is -2.20. The van der Waals surface area contributed by atoms with Crippen molar-refractivity contribution >= 4 is 27.4 Å². The highest BCUT2D eigenvalue weighted by molar-refractivity contribution is 7.89. The maximum atomic E-state index is 12.1. The quantitative estimate of drug-likeness (QED) is 0.761. The molecule has 9 heteroatoms. The average molecular weight is 351 g/mol. The predicted octanol–water partition coefficient (Wildman–Crippen LogP) is 2.00. The highest BCUT2D eigenvalue weighted by Gasteiger charge is 2.11. The van der Waals surface area contributed by atoms with Crippen molar-refractivity contribution in [3.8, 4) is 11.5 Å². The molecule has 0 radical (unpaired) electrons. The van der Waals surface area contributed by atoms with Crippen LogP contribution in [0.15, 0.2) is 47.4 Å². The van der Waals surface area contributed by atoms with Crippen LogP contribution in [0.25, 0.3) is 0 Å². The molecule has 0 saturated heterocycles. The second-order valence-corrected chi connectivity index (χ2v) is 6.28. The first-order valence-electron chi connectivity index (χ1n) is 6.76. The molecular weight excluding hydrogens is 334 g/mol. The first-order valence-corrected chi connectivity index (χ1v) is 8.31. The summed E-state index contributed by atoms with van der Waals surface area (Å²) in [6.45, 7) is 0. The summed E-state index contributed by atoms with van der Waals surface area (Å²) >= 11 is 0. The lowest BCUT2D eigenvalue weighted by atomic mass is 10.2. The molecular formula is C15H17N3O5S. The first kappa shape index (κ1) is 17.6. The molecule has 0 unspecified atom stereocenters. The minimum absolute atomic E-state index is 0.0390. The topological polar surface area (TPSA) is 120 Å². The van der Waals surface area contributed by atoms with Gasteiger partial charge in [-0.05, 0) is 36.4 Å². The third kappa shape index (κ3) is 4.37. The molecule has 0 atom stereocenters. The number of carbonyl (C=O) groups is 1. The minimum atomic E-state index is -3.77. The van der Waals surface area contributed by atoms with E-state index in [1.165, 1.54) is 38.5 Å². The van der Waals surface area contributed by atoms with Crippen molar-refractivity contribution in [1.29, 1.82) is 0 Å². The molecule has 128 valence electrons. The van der Waals surface area contributed by atoms with Crippen LogP contribution in [0.1, 0.15) is 0 Å². The monoisotopic (exact) mass is 351 g/mol. The highest BCUT2D eigenvalue weighted by atomic mass is 32.2. The van der Waals surface area contributed by atoms with Crippen molar-refractivity contribution in [3.05, 3.63) is 42.5 Å². The van der Waals surface area contributed by atoms with Gasteiger partial charge in [-0.25, -0.2) is 18.4 Å². The smallest absolute Gasteiger partial charge is 0.323 e. The molecule has 24 heavy (non-hydrogen) atoms. The van der Waals surface area contributed by atoms with E-state index in [2.05, 4.69) is 10.6 Å². The number of urea groups is 1. The van der Waals surface area contributed by atoms with Crippen molar-refractivity contribution in [1.82, 2.24) is 0 Å². The van der Waals surface area contributed by atoms with Crippen LogP contribution >= 0.6 is 0 Å². The van der Waals surface area contributed by atoms with Gasteiger partial charge in [-0.2, -0.15) is 0 Å². The number of amides is 2. The maximum Gasteiger partial charge on any atom is 0.323 e. The van der Waals surface area contributed by atoms with Gasteiger partial charge in [0.2, 0.25) is 10.0 Å². The Morgan fingerprint density at radius 3 is 2.21 bits per heavy atom. The summed E-state index contributed by atoms with van der Waals surface area (Å²) in [6.07, 6.45) is 0. The van der Waals surface area contributed by atoms with Crippen LogP contribution in [0, 0.1) is 0 Å². The van der Waals surface area contributed by atoms with Gasteiger partial charge >= 0.3 is 6.03 Å². The number of ether oxygens (including phenoxy) is 2. The molecule has 0 bridgehead atoms. The molecule has 0 aliphatic rings. The molecule has 8 nitrogen and oxygen atoms in total. The van der Waals surface area contributed by atoms with Crippen LogP contribution in [0.3, 0.4) is 0 Å². The summed E-state index contributed by atoms with van der Waals surface area (Å²) in [6, 6.07) is 9.93. The number of nitrogens with two attached hydrogens (primary N) is 1. The van der Waals surface area contributed by atoms with Crippen LogP contribution < -0.4 is 25.2 Å². The Kier molecular flexibility index (Phi) is 5.27. The van der Waals surface area contributed by atoms with E-state index in [1.807, 2.05) is 0 Å². The van der Waals surface area contributed by atoms with Crippen LogP contribution in [0.4, 0.5) is 16.2 Å². The number of methoxy groups -OCH3 is 2. The van der Waals surface area contributed by atoms with E-state index >= 15 is 0 Å². The van der Waals surface area contributed by atoms with Gasteiger partial charge in [-0.3, -0.25) is 0 Å². The molecule has 0 spiro atoms. The highest BCUT2D eigenvalue weighted by Crippen LogP contribution is 2.29. The largest absolute Gasteiger partial charge is 0.497 e. The Balaban J connectivity index is 2.11. The Morgan fingerprint density at radius 1 is 1.00 bits per heavy atom. The lowest BCUT2D eigenvalue weighted by molar-refractivity contribution is 0.262. The molecule has 4 N–H and O–H groups in total. The number of benzene rings is 2. The van der Waals surface area contributed by atoms with Gasteiger partial charge in [-0.15, -0.1) is 0 Å². The van der Waals surface area contributed by atoms with Crippen LogP contribution in [0.5, 0.6) is 11.5 Å². The minimum Gasteiger partial charge on any atom is -0.497 e. The average Bonchev–Trinajstić information content (AvgIpc) is 2.54. The van der Waals surface area contributed by atoms with Crippen LogP contribution in [-0.4, -0.2) is 28.7 Å². The number of hydrogen-bond donors (Lipinski definition) is 3. The summed E-state index contributed by atoms with van der Waals surface area (Å²) in [5, 5.41) is 10.2. The molecule has 0 aliphatic heterocycles. The van der Waals surface area contributed by atoms with Gasteiger partial charge in [0.1, 0.15) is 11.5 Å². The summed E-state index contributed by atoms with van der Waals surface area (Å²) in [4.78, 5) is 12.0. The van der Waals surface area contributed by atoms with E-state index in [0.717, 1.165) is 0 Å². The van der Waals surface area contributed by atoms with E-state index in [1.54, 1.807) is 18.2 Å². The second kappa shape index (κ2) is 7.20. The van der Waals surface area contributed by atoms with Gasteiger partial charge in [0.05, 0.1) is 24.8 Å². The lowest BCUT2D eigenvalue weighted by Gasteiger charge is -2.12. The molecule has 0 heterocycles. The Morgan fingerprint density at radius 2 is 1.67 bits per heavy atom. The van der Waals surface area contributed by atoms with E-state index in [0.29, 0.717) is 22.9 Å². The number of nitrogens with one attached hydrogen (secondary N) is 2. The molecule has 0 fully saturated rings. The van der Waals surface area contributed by atoms with Gasteiger partial charge in [0.25, 0.3) is 0 Å². The van der Waals surface area contributed by atoms with Gasteiger partial charge in [-0.1, -0.05) is 0 Å². The van der Waals surface area contributed by atoms with Gasteiger partial charge in [0.15, 0.2) is 0 Å². The molecule has 2 rings (SSSR count). The van der Waals surface area contributed by atoms with E-state index in [4.69, 9.17) is 14.6 Å². The fraction of sp³-hybridized carbons (Fsp3) is 0.133. The van der Waals surface area contributed by atoms with Crippen molar-refractivity contribution in [3.63, 3.8) is 0 Å². The molecule has 0 saturated carbocycles. The van der Waals surface area contributed by atoms with E-state index < -0.39 is 16.1 Å². The van der Waals surface area contributed by atoms with Gasteiger partial charge in [0, 0.05) is 11.8 Å². The Hall–Kier alpha value is -2.78. The van der Waals surface area contributed by atoms with Crippen molar-refractivity contribution in [2.45, 2.75) is 4.90 Å². The predicted molar refractivity (Wildman–Crippen MR) is 90.0 cm³/mol. The number of primary sulfonamides is 1. The van der Waals surface area contributed by atoms with Crippen LogP contribution in [0.2, 0.25) is 0 Å². The fourth-order valence-electron chi connectivity index (χ4n) is 1.92. The maximum absolute atomic E-state index is 12.1. The zero-order valence-electron chi connectivity index (χ0n) is 13.1. The zero-order valence-corrected chi connectivity index (χ0v) is 13.9. The van der Waals surface area contributed by atoms with Gasteiger partial charge < -0.3 is 20.1 Å². The summed E-state index contributed by atoms with van der Waals surface area (Å²) in [7, 11) is -0.776. The van der Waals surface area contributed by atoms with E-state index in [-0.39, 0.29) is 4.90 Å². The fourth-order valence-corrected chi connectivity index (χ4v) is 2.44. The molecule has 0 aromatic heterocycles. The SMILES string of the molecule is COc1ccc(OC)c(NC(=O)Nc2ccc(S(N)(=O)=O)cc2)c1. The van der Waals surface area contributed by atoms with Crippen molar-refractivity contribution in [2.24, 2.45) is 5.14 Å². The molecule has 0 aliphatic carbocycles. The molecule has 2 amide bonds. The number of rotatable bonds is 5. The summed E-state index contributed by atoms with van der Waals surface area (Å²) in [5.41, 5.74) is 0.831. The Bertz CT molecular complexity index is 835. The van der Waals surface area contributed by atoms with E-state index in [9.17, 15) is 13.2 Å². The standard InChI is InChI=1S/C15H17N3O5S/c1-22-11-5-8-14(23-2)13(9-11)18-15(19)17-10-3-6-12(7-4-10)24(16,20)21/h3-9H,1-2H3,(H2,16,20,21)(H2,17,18,19). The van der Waals surface area contributed by atoms with Crippen LogP contribution in [-0.2, 0) is 10.0 Å². The number of sulfonamides is 1. The number of anilines is 2. The van der Waals surface area contributed by atoms with Crippen molar-refractivity contribution in [2.75, 3.05) is 24.9 Å². The third-order valence-electron chi connectivity index (χ3n) is 3.10. The van der Waals surface area contributed by atoms with Crippen molar-refractivity contribution < 1.29 is 22.7 Å². The first-order chi connectivity index (χ1) is 11.3. The third-order valence-corrected chi connectivity index (χ3v) is 4.02. The normalized spacial score (nSPS) is 10.8.